The van der Waals surface area contributed by atoms with Gasteiger partial charge < -0.3 is 15.0 Å². The Labute approximate surface area is 175 Å². The highest BCUT2D eigenvalue weighted by Gasteiger charge is 2.24. The highest BCUT2D eigenvalue weighted by molar-refractivity contribution is 5.97. The molecular weight excluding hydrogens is 386 g/mol. The molecule has 2 aromatic rings. The Morgan fingerprint density at radius 3 is 2.57 bits per heavy atom. The van der Waals surface area contributed by atoms with Gasteiger partial charge in [0, 0.05) is 25.2 Å². The third kappa shape index (κ3) is 4.94. The second-order valence-electron chi connectivity index (χ2n) is 7.37. The van der Waals surface area contributed by atoms with E-state index < -0.39 is 23.4 Å². The number of carbonyl (C=O) groups excluding carboxylic acids is 2. The smallest absolute Gasteiger partial charge is 0.341 e. The summed E-state index contributed by atoms with van der Waals surface area (Å²) in [6.07, 6.45) is 1.98. The number of nitro benzene ring substituents is 1. The van der Waals surface area contributed by atoms with E-state index in [0.29, 0.717) is 5.69 Å². The fraction of sp³-hybridized carbons (Fsp3) is 0.364. The van der Waals surface area contributed by atoms with Gasteiger partial charge in [0.25, 0.3) is 11.6 Å². The average molecular weight is 411 g/mol. The first-order chi connectivity index (χ1) is 14.4. The van der Waals surface area contributed by atoms with Crippen molar-refractivity contribution in [3.8, 4) is 0 Å². The molecule has 0 aromatic heterocycles. The average Bonchev–Trinajstić information content (AvgIpc) is 3.26. The van der Waals surface area contributed by atoms with E-state index >= 15 is 0 Å². The quantitative estimate of drug-likeness (QED) is 0.425. The van der Waals surface area contributed by atoms with Gasteiger partial charge in [-0.3, -0.25) is 14.9 Å². The van der Waals surface area contributed by atoms with Crippen molar-refractivity contribution in [2.45, 2.75) is 32.7 Å². The van der Waals surface area contributed by atoms with Gasteiger partial charge in [0.05, 0.1) is 22.2 Å². The molecule has 158 valence electrons. The lowest BCUT2D eigenvalue weighted by Gasteiger charge is -2.20. The van der Waals surface area contributed by atoms with Gasteiger partial charge in [-0.1, -0.05) is 24.3 Å². The van der Waals surface area contributed by atoms with Gasteiger partial charge in [-0.05, 0) is 43.9 Å². The summed E-state index contributed by atoms with van der Waals surface area (Å²) in [7, 11) is 0. The minimum Gasteiger partial charge on any atom is -0.452 e. The van der Waals surface area contributed by atoms with Crippen LogP contribution in [0.3, 0.4) is 0 Å². The Balaban J connectivity index is 1.67. The molecule has 1 aliphatic rings. The maximum atomic E-state index is 12.7. The highest BCUT2D eigenvalue weighted by atomic mass is 16.6. The van der Waals surface area contributed by atoms with Crippen LogP contribution >= 0.6 is 0 Å². The molecule has 8 nitrogen and oxygen atoms in total. The predicted octanol–water partition coefficient (Wildman–Crippen LogP) is 3.54. The first kappa shape index (κ1) is 21.3. The number of carbonyl (C=O) groups is 2. The molecule has 1 unspecified atom stereocenters. The molecule has 1 N–H and O–H groups in total. The van der Waals surface area contributed by atoms with Gasteiger partial charge in [0.2, 0.25) is 0 Å². The first-order valence-electron chi connectivity index (χ1n) is 9.92. The number of rotatable bonds is 7. The van der Waals surface area contributed by atoms with Crippen molar-refractivity contribution in [3.05, 3.63) is 69.3 Å². The predicted molar refractivity (Wildman–Crippen MR) is 113 cm³/mol. The van der Waals surface area contributed by atoms with Gasteiger partial charge >= 0.3 is 5.97 Å². The van der Waals surface area contributed by atoms with E-state index in [1.165, 1.54) is 12.1 Å². The number of hydrogen-bond donors (Lipinski definition) is 1. The van der Waals surface area contributed by atoms with Crippen LogP contribution in [0.25, 0.3) is 0 Å². The Hall–Kier alpha value is -3.42. The van der Waals surface area contributed by atoms with Gasteiger partial charge in [0.1, 0.15) is 0 Å². The molecular formula is C22H25N3O5. The van der Waals surface area contributed by atoms with Gasteiger partial charge in [-0.15, -0.1) is 0 Å². The Bertz CT molecular complexity index is 954. The van der Waals surface area contributed by atoms with Crippen molar-refractivity contribution in [1.29, 1.82) is 0 Å². The highest BCUT2D eigenvalue weighted by Crippen LogP contribution is 2.29. The number of ether oxygens (including phenoxy) is 1. The van der Waals surface area contributed by atoms with Gasteiger partial charge in [0.15, 0.2) is 6.61 Å². The second-order valence-corrected chi connectivity index (χ2v) is 7.37. The van der Waals surface area contributed by atoms with E-state index in [4.69, 9.17) is 4.74 Å². The van der Waals surface area contributed by atoms with Crippen molar-refractivity contribution < 1.29 is 19.2 Å². The lowest BCUT2D eigenvalue weighted by molar-refractivity contribution is -0.384. The summed E-state index contributed by atoms with van der Waals surface area (Å²) in [5, 5.41) is 13.9. The van der Waals surface area contributed by atoms with Crippen LogP contribution in [-0.2, 0) is 9.53 Å². The van der Waals surface area contributed by atoms with Crippen LogP contribution < -0.4 is 10.2 Å². The number of esters is 1. The molecule has 0 spiro atoms. The normalized spacial score (nSPS) is 14.3. The van der Waals surface area contributed by atoms with Crippen LogP contribution in [0.5, 0.6) is 0 Å². The Morgan fingerprint density at radius 2 is 1.90 bits per heavy atom. The number of aryl methyl sites for hydroxylation is 1. The molecule has 8 heteroatoms. The summed E-state index contributed by atoms with van der Waals surface area (Å²) in [6.45, 7) is 4.89. The zero-order valence-corrected chi connectivity index (χ0v) is 17.1. The number of amides is 1. The minimum atomic E-state index is -0.751. The largest absolute Gasteiger partial charge is 0.452 e. The summed E-state index contributed by atoms with van der Waals surface area (Å²) < 4.78 is 5.19. The van der Waals surface area contributed by atoms with E-state index in [1.807, 2.05) is 43.0 Å². The molecule has 30 heavy (non-hydrogen) atoms. The number of nitrogens with one attached hydrogen (secondary N) is 1. The molecule has 0 saturated carbocycles. The van der Waals surface area contributed by atoms with Crippen LogP contribution in [0.4, 0.5) is 11.4 Å². The van der Waals surface area contributed by atoms with Crippen LogP contribution in [0.2, 0.25) is 0 Å². The standard InChI is InChI=1S/C22H25N3O5/c1-15-7-3-4-8-18(15)16(2)23-21(26)14-30-22(27)19-13-17(25(28)29)9-10-20(19)24-11-5-6-12-24/h3-4,7-10,13,16H,5-6,11-12,14H2,1-2H3,(H,23,26). The zero-order valence-electron chi connectivity index (χ0n) is 17.1. The number of benzene rings is 2. The number of anilines is 1. The maximum absolute atomic E-state index is 12.7. The van der Waals surface area contributed by atoms with Crippen LogP contribution in [0.1, 0.15) is 47.3 Å². The third-order valence-corrected chi connectivity index (χ3v) is 5.22. The lowest BCUT2D eigenvalue weighted by atomic mass is 10.0. The molecule has 0 aliphatic carbocycles. The first-order valence-corrected chi connectivity index (χ1v) is 9.92. The van der Waals surface area contributed by atoms with Gasteiger partial charge in [-0.2, -0.15) is 0 Å². The SMILES string of the molecule is Cc1ccccc1C(C)NC(=O)COC(=O)c1cc([N+](=O)[O-])ccc1N1CCCC1. The molecule has 0 bridgehead atoms. The molecule has 1 saturated heterocycles. The number of hydrogen-bond acceptors (Lipinski definition) is 6. The molecule has 0 radical (unpaired) electrons. The molecule has 1 fully saturated rings. The molecule has 1 heterocycles. The molecule has 2 aromatic carbocycles. The molecule has 1 aliphatic heterocycles. The lowest BCUT2D eigenvalue weighted by Crippen LogP contribution is -2.31. The van der Waals surface area contributed by atoms with Crippen molar-refractivity contribution in [2.24, 2.45) is 0 Å². The van der Waals surface area contributed by atoms with Crippen LogP contribution in [0.15, 0.2) is 42.5 Å². The van der Waals surface area contributed by atoms with Gasteiger partial charge in [-0.25, -0.2) is 4.79 Å². The van der Waals surface area contributed by atoms with Crippen molar-refractivity contribution in [3.63, 3.8) is 0 Å². The summed E-state index contributed by atoms with van der Waals surface area (Å²) in [5.74, 6) is -1.19. The number of nitrogens with zero attached hydrogens (tertiary/aromatic N) is 2. The summed E-state index contributed by atoms with van der Waals surface area (Å²) in [6, 6.07) is 11.6. The fourth-order valence-corrected chi connectivity index (χ4v) is 3.68. The Kier molecular flexibility index (Phi) is 6.66. The van der Waals surface area contributed by atoms with E-state index in [1.54, 1.807) is 6.07 Å². The monoisotopic (exact) mass is 411 g/mol. The summed E-state index contributed by atoms with van der Waals surface area (Å²) in [4.78, 5) is 37.5. The fourth-order valence-electron chi connectivity index (χ4n) is 3.68. The van der Waals surface area contributed by atoms with E-state index in [2.05, 4.69) is 5.32 Å². The topological polar surface area (TPSA) is 102 Å². The Morgan fingerprint density at radius 1 is 1.20 bits per heavy atom. The number of non-ortho nitro benzene ring substituents is 1. The number of nitro groups is 1. The summed E-state index contributed by atoms with van der Waals surface area (Å²) in [5.41, 5.74) is 2.53. The maximum Gasteiger partial charge on any atom is 0.341 e. The van der Waals surface area contributed by atoms with Crippen molar-refractivity contribution >= 4 is 23.3 Å². The third-order valence-electron chi connectivity index (χ3n) is 5.22. The molecule has 3 rings (SSSR count). The van der Waals surface area contributed by atoms with Crippen LogP contribution in [-0.4, -0.2) is 36.5 Å². The van der Waals surface area contributed by atoms with E-state index in [0.717, 1.165) is 37.1 Å². The van der Waals surface area contributed by atoms with Crippen molar-refractivity contribution in [1.82, 2.24) is 5.32 Å². The van der Waals surface area contributed by atoms with Crippen molar-refractivity contribution in [2.75, 3.05) is 24.6 Å². The minimum absolute atomic E-state index is 0.103. The summed E-state index contributed by atoms with van der Waals surface area (Å²) >= 11 is 0. The second kappa shape index (κ2) is 9.39. The van der Waals surface area contributed by atoms with E-state index in [-0.39, 0.29) is 17.3 Å². The molecule has 1 amide bonds. The van der Waals surface area contributed by atoms with Crippen LogP contribution in [0, 0.1) is 17.0 Å². The molecule has 1 atom stereocenters. The van der Waals surface area contributed by atoms with E-state index in [9.17, 15) is 19.7 Å². The zero-order chi connectivity index (χ0) is 21.7.